The quantitative estimate of drug-likeness (QED) is 0.347. The van der Waals surface area contributed by atoms with Crippen LogP contribution in [-0.2, 0) is 0 Å². The topological polar surface area (TPSA) is 38.3 Å². The van der Waals surface area contributed by atoms with Crippen molar-refractivity contribution >= 4 is 61.2 Å². The summed E-state index contributed by atoms with van der Waals surface area (Å²) in [6, 6.07) is 20.7. The van der Waals surface area contributed by atoms with Crippen molar-refractivity contribution in [3.8, 4) is 11.5 Å². The van der Waals surface area contributed by atoms with Crippen LogP contribution in [0.2, 0.25) is 5.02 Å². The largest absolute Gasteiger partial charge is 0.455 e. The van der Waals surface area contributed by atoms with Gasteiger partial charge in [0.2, 0.25) is 0 Å². The number of hydrogen-bond donors (Lipinski definition) is 1. The van der Waals surface area contributed by atoms with Crippen LogP contribution in [0.15, 0.2) is 76.6 Å². The minimum atomic E-state index is -0.160. The number of carbonyl (C=O) groups excluding carboxylic acids is 1. The van der Waals surface area contributed by atoms with Crippen LogP contribution < -0.4 is 10.1 Å². The van der Waals surface area contributed by atoms with Crippen molar-refractivity contribution in [2.45, 2.75) is 0 Å². The van der Waals surface area contributed by atoms with Gasteiger partial charge in [-0.3, -0.25) is 4.79 Å². The minimum Gasteiger partial charge on any atom is -0.455 e. The van der Waals surface area contributed by atoms with Gasteiger partial charge in [-0.25, -0.2) is 0 Å². The van der Waals surface area contributed by atoms with Crippen LogP contribution >= 0.6 is 38.9 Å². The number of thiophene rings is 1. The highest BCUT2D eigenvalue weighted by molar-refractivity contribution is 9.10. The van der Waals surface area contributed by atoms with Gasteiger partial charge < -0.3 is 10.1 Å². The second-order valence-corrected chi connectivity index (χ2v) is 7.93. The molecule has 1 heterocycles. The summed E-state index contributed by atoms with van der Waals surface area (Å²) in [6.45, 7) is 0. The summed E-state index contributed by atoms with van der Waals surface area (Å²) in [5.41, 5.74) is 0.614. The Morgan fingerprint density at radius 1 is 1.00 bits per heavy atom. The SMILES string of the molecule is O=C(Nc1ccc(Oc2ccc3ccccc3c2Br)c(Cl)c1)c1cccs1. The van der Waals surface area contributed by atoms with Crippen LogP contribution in [0.3, 0.4) is 0 Å². The molecule has 0 aliphatic heterocycles. The summed E-state index contributed by atoms with van der Waals surface area (Å²) < 4.78 is 6.86. The van der Waals surface area contributed by atoms with Crippen molar-refractivity contribution in [3.05, 3.63) is 86.5 Å². The lowest BCUT2D eigenvalue weighted by Crippen LogP contribution is -2.09. The summed E-state index contributed by atoms with van der Waals surface area (Å²) >= 11 is 11.4. The van der Waals surface area contributed by atoms with Crippen molar-refractivity contribution in [2.24, 2.45) is 0 Å². The number of fused-ring (bicyclic) bond motifs is 1. The van der Waals surface area contributed by atoms with Crippen LogP contribution in [-0.4, -0.2) is 5.91 Å². The summed E-state index contributed by atoms with van der Waals surface area (Å²) in [6.07, 6.45) is 0. The van der Waals surface area contributed by atoms with E-state index < -0.39 is 0 Å². The third-order valence-corrected chi connectivity index (χ3v) is 5.96. The fourth-order valence-corrected chi connectivity index (χ4v) is 4.08. The molecule has 0 atom stereocenters. The van der Waals surface area contributed by atoms with Gasteiger partial charge in [-0.15, -0.1) is 11.3 Å². The van der Waals surface area contributed by atoms with Gasteiger partial charge in [-0.05, 0) is 62.4 Å². The standard InChI is InChI=1S/C21H13BrClNO2S/c22-20-15-5-2-1-4-13(15)7-9-18(20)26-17-10-8-14(12-16(17)23)24-21(25)19-6-3-11-27-19/h1-12H,(H,24,25). The monoisotopic (exact) mass is 457 g/mol. The highest BCUT2D eigenvalue weighted by Crippen LogP contribution is 2.38. The smallest absolute Gasteiger partial charge is 0.265 e. The lowest BCUT2D eigenvalue weighted by molar-refractivity contribution is 0.103. The Morgan fingerprint density at radius 2 is 1.81 bits per heavy atom. The van der Waals surface area contributed by atoms with Crippen molar-refractivity contribution < 1.29 is 9.53 Å². The predicted octanol–water partition coefficient (Wildman–Crippen LogP) is 7.36. The molecule has 0 radical (unpaired) electrons. The number of rotatable bonds is 4. The van der Waals surface area contributed by atoms with Crippen LogP contribution in [0, 0.1) is 0 Å². The molecule has 0 saturated carbocycles. The molecule has 0 aliphatic carbocycles. The third kappa shape index (κ3) is 3.86. The Balaban J connectivity index is 1.57. The highest BCUT2D eigenvalue weighted by Gasteiger charge is 2.12. The highest BCUT2D eigenvalue weighted by atomic mass is 79.9. The van der Waals surface area contributed by atoms with Gasteiger partial charge >= 0.3 is 0 Å². The number of benzene rings is 3. The van der Waals surface area contributed by atoms with Gasteiger partial charge in [0.1, 0.15) is 11.5 Å². The van der Waals surface area contributed by atoms with E-state index in [1.165, 1.54) is 11.3 Å². The normalized spacial score (nSPS) is 10.7. The van der Waals surface area contributed by atoms with Crippen molar-refractivity contribution in [2.75, 3.05) is 5.32 Å². The molecule has 0 bridgehead atoms. The van der Waals surface area contributed by atoms with Crippen molar-refractivity contribution in [1.29, 1.82) is 0 Å². The zero-order chi connectivity index (χ0) is 18.8. The van der Waals surface area contributed by atoms with Crippen LogP contribution in [0.4, 0.5) is 5.69 Å². The van der Waals surface area contributed by atoms with E-state index in [4.69, 9.17) is 16.3 Å². The van der Waals surface area contributed by atoms with Gasteiger partial charge in [0.15, 0.2) is 0 Å². The molecule has 1 amide bonds. The van der Waals surface area contributed by atoms with Gasteiger partial charge in [0, 0.05) is 5.69 Å². The molecule has 0 aliphatic rings. The van der Waals surface area contributed by atoms with E-state index in [9.17, 15) is 4.79 Å². The fourth-order valence-electron chi connectivity index (χ4n) is 2.67. The molecule has 3 nitrogen and oxygen atoms in total. The molecule has 6 heteroatoms. The Morgan fingerprint density at radius 3 is 2.59 bits per heavy atom. The van der Waals surface area contributed by atoms with Gasteiger partial charge in [-0.2, -0.15) is 0 Å². The predicted molar refractivity (Wildman–Crippen MR) is 115 cm³/mol. The van der Waals surface area contributed by atoms with Crippen LogP contribution in [0.1, 0.15) is 9.67 Å². The first-order chi connectivity index (χ1) is 13.1. The lowest BCUT2D eigenvalue weighted by Gasteiger charge is -2.12. The Labute approximate surface area is 173 Å². The average Bonchev–Trinajstić information content (AvgIpc) is 3.21. The molecular weight excluding hydrogens is 446 g/mol. The number of anilines is 1. The molecule has 0 fully saturated rings. The van der Waals surface area contributed by atoms with E-state index in [0.29, 0.717) is 27.1 Å². The molecule has 0 saturated heterocycles. The maximum absolute atomic E-state index is 12.2. The van der Waals surface area contributed by atoms with Crippen LogP contribution in [0.25, 0.3) is 10.8 Å². The number of halogens is 2. The molecule has 27 heavy (non-hydrogen) atoms. The third-order valence-electron chi connectivity index (χ3n) is 3.98. The first kappa shape index (κ1) is 18.0. The molecule has 134 valence electrons. The first-order valence-corrected chi connectivity index (χ1v) is 10.2. The van der Waals surface area contributed by atoms with Gasteiger partial charge in [-0.1, -0.05) is 48.0 Å². The zero-order valence-corrected chi connectivity index (χ0v) is 17.1. The second-order valence-electron chi connectivity index (χ2n) is 5.78. The summed E-state index contributed by atoms with van der Waals surface area (Å²) in [4.78, 5) is 12.8. The van der Waals surface area contributed by atoms with E-state index >= 15 is 0 Å². The molecule has 1 N–H and O–H groups in total. The molecule has 4 rings (SSSR count). The lowest BCUT2D eigenvalue weighted by atomic mass is 10.1. The molecule has 3 aromatic carbocycles. The fraction of sp³-hybridized carbons (Fsp3) is 0. The average molecular weight is 459 g/mol. The summed E-state index contributed by atoms with van der Waals surface area (Å²) in [5, 5.41) is 7.29. The Bertz CT molecular complexity index is 1130. The van der Waals surface area contributed by atoms with E-state index in [1.54, 1.807) is 24.3 Å². The maximum Gasteiger partial charge on any atom is 0.265 e. The molecule has 0 spiro atoms. The minimum absolute atomic E-state index is 0.160. The Kier molecular flexibility index (Phi) is 5.16. The van der Waals surface area contributed by atoms with E-state index in [-0.39, 0.29) is 5.91 Å². The number of nitrogens with one attached hydrogen (secondary N) is 1. The second kappa shape index (κ2) is 7.72. The molecule has 1 aromatic heterocycles. The van der Waals surface area contributed by atoms with Crippen molar-refractivity contribution in [1.82, 2.24) is 0 Å². The summed E-state index contributed by atoms with van der Waals surface area (Å²) in [5.74, 6) is 1.03. The van der Waals surface area contributed by atoms with E-state index in [0.717, 1.165) is 15.2 Å². The molecule has 4 aromatic rings. The van der Waals surface area contributed by atoms with Crippen LogP contribution in [0.5, 0.6) is 11.5 Å². The number of hydrogen-bond acceptors (Lipinski definition) is 3. The van der Waals surface area contributed by atoms with Gasteiger partial charge in [0.05, 0.1) is 14.4 Å². The molecule has 0 unspecified atom stereocenters. The number of carbonyl (C=O) groups is 1. The van der Waals surface area contributed by atoms with Crippen molar-refractivity contribution in [3.63, 3.8) is 0 Å². The van der Waals surface area contributed by atoms with E-state index in [1.807, 2.05) is 47.8 Å². The van der Waals surface area contributed by atoms with Gasteiger partial charge in [0.25, 0.3) is 5.91 Å². The Hall–Kier alpha value is -2.34. The molecular formula is C21H13BrClNO2S. The van der Waals surface area contributed by atoms with E-state index in [2.05, 4.69) is 21.2 Å². The summed E-state index contributed by atoms with van der Waals surface area (Å²) in [7, 11) is 0. The zero-order valence-electron chi connectivity index (χ0n) is 13.9. The number of ether oxygens (including phenoxy) is 1. The number of amides is 1. The first-order valence-electron chi connectivity index (χ1n) is 8.11. The maximum atomic E-state index is 12.2.